The van der Waals surface area contributed by atoms with E-state index in [9.17, 15) is 4.79 Å². The van der Waals surface area contributed by atoms with Crippen LogP contribution in [-0.4, -0.2) is 57.4 Å². The summed E-state index contributed by atoms with van der Waals surface area (Å²) in [6.07, 6.45) is 3.24. The van der Waals surface area contributed by atoms with E-state index in [4.69, 9.17) is 23.7 Å². The molecule has 12 heteroatoms. The number of hydrogen-bond acceptors (Lipinski definition) is 10. The molecule has 0 N–H and O–H groups in total. The minimum Gasteiger partial charge on any atom is -0.465 e. The molecule has 0 amide bonds. The van der Waals surface area contributed by atoms with Crippen LogP contribution in [-0.2, 0) is 16.2 Å². The van der Waals surface area contributed by atoms with E-state index in [2.05, 4.69) is 39.7 Å². The molecule has 0 aliphatic carbocycles. The summed E-state index contributed by atoms with van der Waals surface area (Å²) in [5.41, 5.74) is 2.77. The van der Waals surface area contributed by atoms with Crippen LogP contribution in [0.25, 0.3) is 34.1 Å². The number of benzene rings is 1. The van der Waals surface area contributed by atoms with Crippen LogP contribution in [0.1, 0.15) is 16.2 Å². The van der Waals surface area contributed by atoms with Crippen LogP contribution in [0.5, 0.6) is 11.5 Å². The average molecular weight is 559 g/mol. The standard InChI is InChI=1S/C28H30N6O5Si/c1-18-31-26(33-39-18)21-10-9-19(16-30-21)38-25-15-23-24(14-20(25)28(35)36-2)34(17-37-12-13-40(3,4)5)27(32-23)22-8-6-7-11-29-22/h6-11,14-16H,12-13,17H2,1-5H3. The number of carbonyl (C=O) groups is 1. The summed E-state index contributed by atoms with van der Waals surface area (Å²) in [7, 11) is 0.0665. The van der Waals surface area contributed by atoms with E-state index in [-0.39, 0.29) is 18.0 Å². The summed E-state index contributed by atoms with van der Waals surface area (Å²) in [5, 5.41) is 3.88. The van der Waals surface area contributed by atoms with E-state index in [1.807, 2.05) is 22.8 Å². The van der Waals surface area contributed by atoms with Crippen molar-refractivity contribution in [3.63, 3.8) is 0 Å². The molecule has 0 aliphatic heterocycles. The Morgan fingerprint density at radius 3 is 2.55 bits per heavy atom. The first kappa shape index (κ1) is 27.2. The van der Waals surface area contributed by atoms with Gasteiger partial charge in [0.2, 0.25) is 11.7 Å². The summed E-state index contributed by atoms with van der Waals surface area (Å²) in [5.74, 6) is 1.58. The second kappa shape index (κ2) is 11.4. The Kier molecular flexibility index (Phi) is 7.71. The first-order valence-electron chi connectivity index (χ1n) is 12.8. The van der Waals surface area contributed by atoms with Crippen LogP contribution in [0.3, 0.4) is 0 Å². The summed E-state index contributed by atoms with van der Waals surface area (Å²) in [4.78, 5) is 30.7. The summed E-state index contributed by atoms with van der Waals surface area (Å²) >= 11 is 0. The van der Waals surface area contributed by atoms with Crippen LogP contribution < -0.4 is 4.74 Å². The van der Waals surface area contributed by atoms with Gasteiger partial charge in [-0.05, 0) is 36.4 Å². The number of fused-ring (bicyclic) bond motifs is 1. The molecule has 11 nitrogen and oxygen atoms in total. The molecular weight excluding hydrogens is 528 g/mol. The zero-order valence-electron chi connectivity index (χ0n) is 23.0. The number of hydrogen-bond donors (Lipinski definition) is 0. The van der Waals surface area contributed by atoms with Crippen molar-refractivity contribution in [1.29, 1.82) is 0 Å². The number of aromatic nitrogens is 6. The Hall–Kier alpha value is -4.42. The molecular formula is C28H30N6O5Si. The molecule has 0 spiro atoms. The Labute approximate surface area is 232 Å². The van der Waals surface area contributed by atoms with Gasteiger partial charge >= 0.3 is 5.97 Å². The van der Waals surface area contributed by atoms with Crippen molar-refractivity contribution in [2.45, 2.75) is 39.3 Å². The number of esters is 1. The first-order chi connectivity index (χ1) is 19.2. The van der Waals surface area contributed by atoms with Gasteiger partial charge in [-0.2, -0.15) is 4.98 Å². The van der Waals surface area contributed by atoms with Crippen molar-refractivity contribution in [2.75, 3.05) is 13.7 Å². The Bertz CT molecular complexity index is 1630. The van der Waals surface area contributed by atoms with Gasteiger partial charge in [-0.3, -0.25) is 9.55 Å². The number of ether oxygens (including phenoxy) is 3. The third kappa shape index (κ3) is 6.08. The normalized spacial score (nSPS) is 11.6. The van der Waals surface area contributed by atoms with Gasteiger partial charge in [0, 0.05) is 33.9 Å². The number of rotatable bonds is 10. The zero-order chi connectivity index (χ0) is 28.3. The highest BCUT2D eigenvalue weighted by Gasteiger charge is 2.22. The highest BCUT2D eigenvalue weighted by atomic mass is 28.3. The fourth-order valence-electron chi connectivity index (χ4n) is 3.96. The first-order valence-corrected chi connectivity index (χ1v) is 16.5. The number of nitrogens with zero attached hydrogens (tertiary/aromatic N) is 6. The van der Waals surface area contributed by atoms with Crippen LogP contribution in [0.2, 0.25) is 25.7 Å². The average Bonchev–Trinajstić information content (AvgIpc) is 3.53. The second-order valence-corrected chi connectivity index (χ2v) is 16.0. The van der Waals surface area contributed by atoms with E-state index in [1.165, 1.54) is 13.3 Å². The lowest BCUT2D eigenvalue weighted by molar-refractivity contribution is 0.0597. The lowest BCUT2D eigenvalue weighted by atomic mass is 10.1. The van der Waals surface area contributed by atoms with E-state index in [1.54, 1.807) is 37.4 Å². The molecule has 0 aliphatic rings. The molecule has 0 radical (unpaired) electrons. The van der Waals surface area contributed by atoms with Crippen LogP contribution in [0.4, 0.5) is 0 Å². The highest BCUT2D eigenvalue weighted by Crippen LogP contribution is 2.33. The monoisotopic (exact) mass is 558 g/mol. The fourth-order valence-corrected chi connectivity index (χ4v) is 4.72. The van der Waals surface area contributed by atoms with Gasteiger partial charge in [0.05, 0.1) is 24.3 Å². The van der Waals surface area contributed by atoms with Crippen molar-refractivity contribution >= 4 is 25.1 Å². The van der Waals surface area contributed by atoms with E-state index in [0.717, 1.165) is 6.04 Å². The maximum atomic E-state index is 12.9. The lowest BCUT2D eigenvalue weighted by Gasteiger charge is -2.16. The predicted molar refractivity (Wildman–Crippen MR) is 151 cm³/mol. The van der Waals surface area contributed by atoms with Gasteiger partial charge in [0.25, 0.3) is 0 Å². The molecule has 206 valence electrons. The Balaban J connectivity index is 1.52. The van der Waals surface area contributed by atoms with Crippen molar-refractivity contribution < 1.29 is 23.5 Å². The van der Waals surface area contributed by atoms with Crippen LogP contribution in [0.15, 0.2) is 59.4 Å². The molecule has 0 saturated heterocycles. The van der Waals surface area contributed by atoms with Crippen LogP contribution >= 0.6 is 0 Å². The SMILES string of the molecule is COC(=O)c1cc2c(cc1Oc1ccc(-c3noc(C)n3)nc1)nc(-c1ccccn1)n2COCC[Si](C)(C)C. The summed E-state index contributed by atoms with van der Waals surface area (Å²) < 4.78 is 24.2. The van der Waals surface area contributed by atoms with Gasteiger partial charge < -0.3 is 18.7 Å². The van der Waals surface area contributed by atoms with E-state index < -0.39 is 14.0 Å². The van der Waals surface area contributed by atoms with Crippen molar-refractivity contribution in [3.05, 3.63) is 66.3 Å². The van der Waals surface area contributed by atoms with Gasteiger partial charge in [0.1, 0.15) is 35.2 Å². The molecule has 0 atom stereocenters. The maximum Gasteiger partial charge on any atom is 0.341 e. The molecule has 5 aromatic rings. The Morgan fingerprint density at radius 1 is 1.05 bits per heavy atom. The minimum absolute atomic E-state index is 0.240. The lowest BCUT2D eigenvalue weighted by Crippen LogP contribution is -2.22. The number of carbonyl (C=O) groups excluding carboxylic acids is 1. The topological polar surface area (TPSA) is 127 Å². The fraction of sp³-hybridized carbons (Fsp3) is 0.286. The molecule has 4 aromatic heterocycles. The Morgan fingerprint density at radius 2 is 1.90 bits per heavy atom. The highest BCUT2D eigenvalue weighted by molar-refractivity contribution is 6.76. The molecule has 0 bridgehead atoms. The predicted octanol–water partition coefficient (Wildman–Crippen LogP) is 5.74. The van der Waals surface area contributed by atoms with E-state index >= 15 is 0 Å². The van der Waals surface area contributed by atoms with Crippen LogP contribution in [0, 0.1) is 6.92 Å². The maximum absolute atomic E-state index is 12.9. The number of pyridine rings is 2. The molecule has 5 rings (SSSR count). The molecule has 0 fully saturated rings. The molecule has 4 heterocycles. The number of imidazole rings is 1. The van der Waals surface area contributed by atoms with Gasteiger partial charge in [0.15, 0.2) is 5.82 Å². The molecule has 0 saturated carbocycles. The number of aryl methyl sites for hydroxylation is 1. The summed E-state index contributed by atoms with van der Waals surface area (Å²) in [6, 6.07) is 13.5. The molecule has 40 heavy (non-hydrogen) atoms. The van der Waals surface area contributed by atoms with Crippen molar-refractivity contribution in [1.82, 2.24) is 29.7 Å². The van der Waals surface area contributed by atoms with E-state index in [0.29, 0.717) is 52.3 Å². The second-order valence-electron chi connectivity index (χ2n) is 10.4. The third-order valence-corrected chi connectivity index (χ3v) is 7.79. The third-order valence-electron chi connectivity index (χ3n) is 6.09. The van der Waals surface area contributed by atoms with Crippen molar-refractivity contribution in [3.8, 4) is 34.5 Å². The summed E-state index contributed by atoms with van der Waals surface area (Å²) in [6.45, 7) is 9.52. The quantitative estimate of drug-likeness (QED) is 0.119. The molecule has 1 aromatic carbocycles. The van der Waals surface area contributed by atoms with Gasteiger partial charge in [-0.25, -0.2) is 14.8 Å². The smallest absolute Gasteiger partial charge is 0.341 e. The largest absolute Gasteiger partial charge is 0.465 e. The number of methoxy groups -OCH3 is 1. The zero-order valence-corrected chi connectivity index (χ0v) is 24.0. The van der Waals surface area contributed by atoms with Gasteiger partial charge in [-0.15, -0.1) is 0 Å². The van der Waals surface area contributed by atoms with Gasteiger partial charge in [-0.1, -0.05) is 30.9 Å². The van der Waals surface area contributed by atoms with Crippen molar-refractivity contribution in [2.24, 2.45) is 0 Å². The minimum atomic E-state index is -1.26. The molecule has 0 unspecified atom stereocenters.